The smallest absolute Gasteiger partial charge is 0.158 e. The number of fused-ring (bicyclic) bond motifs is 4. The van der Waals surface area contributed by atoms with Gasteiger partial charge in [-0.05, 0) is 35.4 Å². The van der Waals surface area contributed by atoms with E-state index in [-0.39, 0.29) is 6.04 Å². The van der Waals surface area contributed by atoms with E-state index in [0.717, 1.165) is 43.4 Å². The Morgan fingerprint density at radius 2 is 1.90 bits per heavy atom. The lowest BCUT2D eigenvalue weighted by molar-refractivity contribution is 0.356. The maximum atomic E-state index is 5.15. The number of nitrogens with zero attached hydrogens (tertiary/aromatic N) is 4. The molecule has 0 bridgehead atoms. The number of allylic oxidation sites excluding steroid dienone is 1. The fourth-order valence-electron chi connectivity index (χ4n) is 4.86. The van der Waals surface area contributed by atoms with Gasteiger partial charge in [-0.15, -0.1) is 0 Å². The molecule has 0 spiro atoms. The fraction of sp³-hybridized carbons (Fsp3) is 0.292. The topological polar surface area (TPSA) is 68.1 Å². The Balaban J connectivity index is 1.55. The molecule has 0 amide bonds. The van der Waals surface area contributed by atoms with E-state index in [1.165, 1.54) is 33.2 Å². The van der Waals surface area contributed by atoms with Crippen LogP contribution in [0.15, 0.2) is 63.2 Å². The molecule has 4 aliphatic heterocycles. The first-order valence-electron chi connectivity index (χ1n) is 10.6. The quantitative estimate of drug-likeness (QED) is 0.664. The lowest BCUT2D eigenvalue weighted by Gasteiger charge is -2.35. The molecule has 2 N–H and O–H groups in total. The summed E-state index contributed by atoms with van der Waals surface area (Å²) in [6.07, 6.45) is 6.00. The minimum absolute atomic E-state index is 0.0361. The number of dihydropyridines is 1. The van der Waals surface area contributed by atoms with Crippen LogP contribution in [0.2, 0.25) is 0 Å². The van der Waals surface area contributed by atoms with Crippen molar-refractivity contribution in [1.29, 1.82) is 0 Å². The second-order valence-corrected chi connectivity index (χ2v) is 8.09. The summed E-state index contributed by atoms with van der Waals surface area (Å²) in [5, 5.41) is 5.97. The van der Waals surface area contributed by atoms with E-state index in [9.17, 15) is 0 Å². The third-order valence-corrected chi connectivity index (χ3v) is 6.37. The molecule has 150 valence electrons. The van der Waals surface area contributed by atoms with Gasteiger partial charge in [-0.2, -0.15) is 0 Å². The van der Waals surface area contributed by atoms with Gasteiger partial charge in [0.2, 0.25) is 0 Å². The van der Waals surface area contributed by atoms with Gasteiger partial charge in [-0.1, -0.05) is 24.3 Å². The van der Waals surface area contributed by atoms with Crippen molar-refractivity contribution < 1.29 is 0 Å². The minimum atomic E-state index is 0.0361. The Kier molecular flexibility index (Phi) is 4.06. The molecule has 6 rings (SSSR count). The molecule has 30 heavy (non-hydrogen) atoms. The fourth-order valence-corrected chi connectivity index (χ4v) is 4.86. The molecule has 1 atom stereocenters. The molecule has 5 aliphatic rings. The van der Waals surface area contributed by atoms with Crippen molar-refractivity contribution >= 4 is 28.7 Å². The number of benzene rings is 1. The van der Waals surface area contributed by atoms with E-state index in [2.05, 4.69) is 63.5 Å². The Morgan fingerprint density at radius 3 is 2.77 bits per heavy atom. The monoisotopic (exact) mass is 396 g/mol. The van der Waals surface area contributed by atoms with Crippen LogP contribution in [0.3, 0.4) is 0 Å². The van der Waals surface area contributed by atoms with Crippen LogP contribution in [0.1, 0.15) is 11.1 Å². The van der Waals surface area contributed by atoms with Crippen LogP contribution in [0.25, 0.3) is 22.0 Å². The van der Waals surface area contributed by atoms with E-state index in [0.29, 0.717) is 6.54 Å². The van der Waals surface area contributed by atoms with E-state index in [1.54, 1.807) is 0 Å². The van der Waals surface area contributed by atoms with Crippen molar-refractivity contribution in [1.82, 2.24) is 15.2 Å². The van der Waals surface area contributed by atoms with Crippen molar-refractivity contribution in [2.24, 2.45) is 15.0 Å². The molecule has 4 heterocycles. The summed E-state index contributed by atoms with van der Waals surface area (Å²) in [5.74, 6) is 1.88. The van der Waals surface area contributed by atoms with Gasteiger partial charge >= 0.3 is 0 Å². The largest absolute Gasteiger partial charge is 0.361 e. The van der Waals surface area contributed by atoms with Crippen LogP contribution in [-0.2, 0) is 0 Å². The summed E-state index contributed by atoms with van der Waals surface area (Å²) in [5.41, 5.74) is 5.93. The van der Waals surface area contributed by atoms with Gasteiger partial charge in [0.25, 0.3) is 0 Å². The molecule has 1 saturated heterocycles. The first kappa shape index (κ1) is 17.6. The van der Waals surface area contributed by atoms with Crippen LogP contribution < -0.4 is 5.32 Å². The van der Waals surface area contributed by atoms with Gasteiger partial charge in [-0.25, -0.2) is 4.99 Å². The number of amidine groups is 2. The molecule has 6 heteroatoms. The Labute approximate surface area is 175 Å². The minimum Gasteiger partial charge on any atom is -0.361 e. The third kappa shape index (κ3) is 2.64. The second-order valence-electron chi connectivity index (χ2n) is 8.09. The summed E-state index contributed by atoms with van der Waals surface area (Å²) in [7, 11) is 0. The standard InChI is InChI=1S/C24H24N6/c1-15-16-4-2-3-5-17(16)21-19(7-9-27-22(15)21)23-28-20-14-26-8-6-18(20)24(29-23)30-12-10-25-11-13-30/h2-9,20,25,27H,10-14H2,1H3. The van der Waals surface area contributed by atoms with Crippen molar-refractivity contribution in [3.8, 4) is 11.3 Å². The molecular weight excluding hydrogens is 372 g/mol. The highest BCUT2D eigenvalue weighted by Crippen LogP contribution is 2.40. The normalized spacial score (nSPS) is 21.4. The Bertz CT molecular complexity index is 1220. The molecule has 0 radical (unpaired) electrons. The van der Waals surface area contributed by atoms with Gasteiger partial charge in [0, 0.05) is 55.3 Å². The van der Waals surface area contributed by atoms with Crippen LogP contribution >= 0.6 is 0 Å². The van der Waals surface area contributed by atoms with E-state index in [1.807, 2.05) is 12.4 Å². The molecule has 1 aliphatic carbocycles. The van der Waals surface area contributed by atoms with E-state index >= 15 is 0 Å². The highest BCUT2D eigenvalue weighted by molar-refractivity contribution is 6.20. The number of hydrogen-bond acceptors (Lipinski definition) is 5. The van der Waals surface area contributed by atoms with E-state index in [4.69, 9.17) is 9.98 Å². The van der Waals surface area contributed by atoms with Gasteiger partial charge in [-0.3, -0.25) is 9.98 Å². The number of aromatic amines is 1. The van der Waals surface area contributed by atoms with Crippen LogP contribution in [0.4, 0.5) is 0 Å². The molecule has 6 nitrogen and oxygen atoms in total. The number of hydrogen-bond donors (Lipinski definition) is 2. The van der Waals surface area contributed by atoms with Crippen molar-refractivity contribution in [2.45, 2.75) is 13.0 Å². The predicted octanol–water partition coefficient (Wildman–Crippen LogP) is 3.02. The predicted molar refractivity (Wildman–Crippen MR) is 123 cm³/mol. The number of aryl methyl sites for hydroxylation is 1. The maximum absolute atomic E-state index is 5.15. The molecule has 0 aromatic heterocycles. The zero-order valence-corrected chi connectivity index (χ0v) is 17.0. The number of piperazine rings is 1. The lowest BCUT2D eigenvalue weighted by atomic mass is 9.98. The zero-order valence-electron chi connectivity index (χ0n) is 17.0. The average molecular weight is 396 g/mol. The summed E-state index contributed by atoms with van der Waals surface area (Å²) >= 11 is 0. The van der Waals surface area contributed by atoms with Crippen molar-refractivity contribution in [2.75, 3.05) is 32.7 Å². The number of aliphatic imine (C=N–C) groups is 3. The molecular formula is C24H24N6. The number of pyridine rings is 1. The van der Waals surface area contributed by atoms with Crippen LogP contribution in [0, 0.1) is 6.92 Å². The Hall–Kier alpha value is -3.25. The summed E-state index contributed by atoms with van der Waals surface area (Å²) < 4.78 is 0. The molecule has 1 fully saturated rings. The third-order valence-electron chi connectivity index (χ3n) is 6.37. The number of aromatic nitrogens is 1. The zero-order chi connectivity index (χ0) is 20.1. The SMILES string of the molecule is Cc1c2[nH]ccc(C3=NC4CN=CC=C4C(N4CCNCC4)=N3)c-2c2ccccc12. The van der Waals surface area contributed by atoms with Gasteiger partial charge in [0.1, 0.15) is 11.9 Å². The molecule has 1 aromatic carbocycles. The average Bonchev–Trinajstić information content (AvgIpc) is 3.11. The van der Waals surface area contributed by atoms with Gasteiger partial charge in [0.05, 0.1) is 12.2 Å². The molecule has 0 saturated carbocycles. The summed E-state index contributed by atoms with van der Waals surface area (Å²) in [6, 6.07) is 10.7. The number of nitrogens with one attached hydrogen (secondary N) is 2. The number of rotatable bonds is 1. The molecule has 1 aromatic rings. The first-order chi connectivity index (χ1) is 14.8. The van der Waals surface area contributed by atoms with Gasteiger partial charge in [0.15, 0.2) is 5.84 Å². The number of H-pyrrole nitrogens is 1. The Morgan fingerprint density at radius 1 is 1.07 bits per heavy atom. The van der Waals surface area contributed by atoms with Crippen molar-refractivity contribution in [3.05, 3.63) is 59.3 Å². The lowest BCUT2D eigenvalue weighted by Crippen LogP contribution is -2.49. The van der Waals surface area contributed by atoms with Gasteiger partial charge < -0.3 is 15.2 Å². The van der Waals surface area contributed by atoms with Crippen molar-refractivity contribution in [3.63, 3.8) is 0 Å². The first-order valence-corrected chi connectivity index (χ1v) is 10.6. The van der Waals surface area contributed by atoms with Crippen LogP contribution in [0.5, 0.6) is 0 Å². The maximum Gasteiger partial charge on any atom is 0.158 e. The van der Waals surface area contributed by atoms with E-state index < -0.39 is 0 Å². The second kappa shape index (κ2) is 6.92. The highest BCUT2D eigenvalue weighted by atomic mass is 15.3. The van der Waals surface area contributed by atoms with Crippen LogP contribution in [-0.4, -0.2) is 66.5 Å². The summed E-state index contributed by atoms with van der Waals surface area (Å²) in [4.78, 5) is 20.6. The molecule has 1 unspecified atom stereocenters. The highest BCUT2D eigenvalue weighted by Gasteiger charge is 2.31. The summed E-state index contributed by atoms with van der Waals surface area (Å²) in [6.45, 7) is 6.75.